The fourth-order valence-electron chi connectivity index (χ4n) is 3.35. The van der Waals surface area contributed by atoms with Crippen LogP contribution in [0.25, 0.3) is 11.3 Å². The van der Waals surface area contributed by atoms with E-state index < -0.39 is 29.7 Å². The van der Waals surface area contributed by atoms with Crippen molar-refractivity contribution in [2.24, 2.45) is 0 Å². The number of urea groups is 1. The van der Waals surface area contributed by atoms with Gasteiger partial charge < -0.3 is 15.1 Å². The predicted molar refractivity (Wildman–Crippen MR) is 102 cm³/mol. The molecule has 0 aliphatic carbocycles. The minimum Gasteiger partial charge on any atom is -0.335 e. The van der Waals surface area contributed by atoms with E-state index in [1.54, 1.807) is 0 Å². The van der Waals surface area contributed by atoms with Crippen molar-refractivity contribution in [3.63, 3.8) is 0 Å². The molecule has 1 saturated heterocycles. The molecule has 0 unspecified atom stereocenters. The summed E-state index contributed by atoms with van der Waals surface area (Å²) in [6.07, 6.45) is -3.15. The molecular weight excluding hydrogens is 423 g/mol. The Labute approximate surface area is 174 Å². The number of nitrogens with one attached hydrogen (secondary N) is 1. The van der Waals surface area contributed by atoms with Crippen LogP contribution in [0, 0.1) is 11.6 Å². The number of carbonyl (C=O) groups excluding carboxylic acids is 2. The third-order valence-corrected chi connectivity index (χ3v) is 5.04. The molecule has 0 saturated carbocycles. The summed E-state index contributed by atoms with van der Waals surface area (Å²) in [5.41, 5.74) is 0.890. The first-order chi connectivity index (χ1) is 14.5. The second kappa shape index (κ2) is 8.86. The Bertz CT molecular complexity index is 937. The van der Waals surface area contributed by atoms with Crippen molar-refractivity contribution in [2.75, 3.05) is 25.5 Å². The van der Waals surface area contributed by atoms with Crippen molar-refractivity contribution in [1.29, 1.82) is 0 Å². The Kier molecular flexibility index (Phi) is 6.42. The number of nitrogens with zero attached hydrogens (tertiary/aromatic N) is 3. The lowest BCUT2D eigenvalue weighted by Crippen LogP contribution is -2.51. The number of halogens is 5. The normalized spacial score (nSPS) is 15.0. The number of alkyl halides is 3. The number of aromatic nitrogens is 1. The Morgan fingerprint density at radius 1 is 1.10 bits per heavy atom. The summed E-state index contributed by atoms with van der Waals surface area (Å²) >= 11 is 0. The molecule has 0 bridgehead atoms. The van der Waals surface area contributed by atoms with Crippen LogP contribution in [0.5, 0.6) is 0 Å². The van der Waals surface area contributed by atoms with Crippen LogP contribution >= 0.6 is 0 Å². The van der Waals surface area contributed by atoms with Crippen molar-refractivity contribution >= 4 is 17.6 Å². The van der Waals surface area contributed by atoms with E-state index in [2.05, 4.69) is 10.3 Å². The molecule has 1 aliphatic rings. The SMILES string of the molecule is CN(C(=O)Nc1ccc(-c2cc(F)cc(F)c2)nc1)C1CCN(C(=O)C(F)(F)F)CC1. The zero-order valence-corrected chi connectivity index (χ0v) is 16.4. The summed E-state index contributed by atoms with van der Waals surface area (Å²) in [7, 11) is 1.51. The molecule has 3 rings (SSSR count). The Hall–Kier alpha value is -3.24. The van der Waals surface area contributed by atoms with Gasteiger partial charge in [-0.1, -0.05) is 0 Å². The number of piperidine rings is 1. The molecule has 1 aromatic carbocycles. The maximum absolute atomic E-state index is 13.3. The first kappa shape index (κ1) is 22.4. The van der Waals surface area contributed by atoms with E-state index in [0.717, 1.165) is 23.1 Å². The molecule has 1 aromatic heterocycles. The standard InChI is InChI=1S/C20H19F5N4O2/c1-28(16-4-6-29(7-5-16)18(30)20(23,24)25)19(31)27-15-2-3-17(26-11-15)12-8-13(21)10-14(22)9-12/h2-3,8-11,16H,4-7H2,1H3,(H,27,31). The molecule has 1 aliphatic heterocycles. The number of pyridine rings is 1. The number of hydrogen-bond donors (Lipinski definition) is 1. The average molecular weight is 442 g/mol. The molecule has 166 valence electrons. The van der Waals surface area contributed by atoms with E-state index in [-0.39, 0.29) is 37.5 Å². The fraction of sp³-hybridized carbons (Fsp3) is 0.350. The Morgan fingerprint density at radius 3 is 2.23 bits per heavy atom. The third-order valence-electron chi connectivity index (χ3n) is 5.04. The second-order valence-electron chi connectivity index (χ2n) is 7.15. The molecule has 0 atom stereocenters. The molecule has 2 aromatic rings. The first-order valence-corrected chi connectivity index (χ1v) is 9.37. The molecule has 2 heterocycles. The number of likely N-dealkylation sites (tertiary alicyclic amines) is 1. The number of hydrogen-bond acceptors (Lipinski definition) is 3. The number of amides is 3. The van der Waals surface area contributed by atoms with Gasteiger partial charge >= 0.3 is 18.1 Å². The topological polar surface area (TPSA) is 65.5 Å². The van der Waals surface area contributed by atoms with Crippen molar-refractivity contribution in [1.82, 2.24) is 14.8 Å². The van der Waals surface area contributed by atoms with Gasteiger partial charge in [-0.15, -0.1) is 0 Å². The van der Waals surface area contributed by atoms with Gasteiger partial charge in [0.05, 0.1) is 17.6 Å². The van der Waals surface area contributed by atoms with Gasteiger partial charge in [0, 0.05) is 37.8 Å². The van der Waals surface area contributed by atoms with Gasteiger partial charge in [-0.25, -0.2) is 13.6 Å². The molecular formula is C20H19F5N4O2. The van der Waals surface area contributed by atoms with Crippen LogP contribution in [0.2, 0.25) is 0 Å². The van der Waals surface area contributed by atoms with Crippen molar-refractivity contribution in [2.45, 2.75) is 25.1 Å². The largest absolute Gasteiger partial charge is 0.471 e. The predicted octanol–water partition coefficient (Wildman–Crippen LogP) is 4.04. The van der Waals surface area contributed by atoms with Crippen LogP contribution in [-0.4, -0.2) is 59.1 Å². The summed E-state index contributed by atoms with van der Waals surface area (Å²) in [6.45, 7) is -0.192. The van der Waals surface area contributed by atoms with E-state index in [9.17, 15) is 31.5 Å². The first-order valence-electron chi connectivity index (χ1n) is 9.37. The molecule has 0 spiro atoms. The third kappa shape index (κ3) is 5.47. The molecule has 11 heteroatoms. The van der Waals surface area contributed by atoms with Crippen LogP contribution in [-0.2, 0) is 4.79 Å². The lowest BCUT2D eigenvalue weighted by Gasteiger charge is -2.36. The second-order valence-corrected chi connectivity index (χ2v) is 7.15. The highest BCUT2D eigenvalue weighted by atomic mass is 19.4. The smallest absolute Gasteiger partial charge is 0.335 e. The zero-order valence-electron chi connectivity index (χ0n) is 16.4. The van der Waals surface area contributed by atoms with E-state index in [0.29, 0.717) is 11.4 Å². The van der Waals surface area contributed by atoms with Crippen LogP contribution < -0.4 is 5.32 Å². The summed E-state index contributed by atoms with van der Waals surface area (Å²) < 4.78 is 64.3. The maximum atomic E-state index is 13.3. The molecule has 1 N–H and O–H groups in total. The Morgan fingerprint density at radius 2 is 1.71 bits per heavy atom. The summed E-state index contributed by atoms with van der Waals surface area (Å²) in [4.78, 5) is 29.9. The van der Waals surface area contributed by atoms with Gasteiger partial charge in [-0.05, 0) is 37.1 Å². The molecule has 1 fully saturated rings. The maximum Gasteiger partial charge on any atom is 0.471 e. The summed E-state index contributed by atoms with van der Waals surface area (Å²) in [5, 5.41) is 2.61. The van der Waals surface area contributed by atoms with Crippen LogP contribution in [0.3, 0.4) is 0 Å². The lowest BCUT2D eigenvalue weighted by molar-refractivity contribution is -0.186. The molecule has 0 radical (unpaired) electrons. The fourth-order valence-corrected chi connectivity index (χ4v) is 3.35. The van der Waals surface area contributed by atoms with E-state index in [1.807, 2.05) is 0 Å². The highest BCUT2D eigenvalue weighted by Crippen LogP contribution is 2.24. The number of benzene rings is 1. The monoisotopic (exact) mass is 442 g/mol. The highest BCUT2D eigenvalue weighted by molar-refractivity contribution is 5.89. The van der Waals surface area contributed by atoms with Gasteiger partial charge in [0.25, 0.3) is 0 Å². The zero-order chi connectivity index (χ0) is 22.8. The van der Waals surface area contributed by atoms with Gasteiger partial charge in [0.15, 0.2) is 0 Å². The van der Waals surface area contributed by atoms with Crippen LogP contribution in [0.4, 0.5) is 32.4 Å². The molecule has 6 nitrogen and oxygen atoms in total. The summed E-state index contributed by atoms with van der Waals surface area (Å²) in [5.74, 6) is -3.35. The number of rotatable bonds is 3. The Balaban J connectivity index is 1.57. The summed E-state index contributed by atoms with van der Waals surface area (Å²) in [6, 6.07) is 5.19. The minimum atomic E-state index is -4.91. The van der Waals surface area contributed by atoms with Crippen LogP contribution in [0.15, 0.2) is 36.5 Å². The van der Waals surface area contributed by atoms with Gasteiger partial charge in [0.2, 0.25) is 0 Å². The van der Waals surface area contributed by atoms with E-state index in [1.165, 1.54) is 30.3 Å². The highest BCUT2D eigenvalue weighted by Gasteiger charge is 2.43. The molecule has 31 heavy (non-hydrogen) atoms. The molecule has 3 amide bonds. The van der Waals surface area contributed by atoms with Crippen molar-refractivity contribution < 1.29 is 31.5 Å². The van der Waals surface area contributed by atoms with Gasteiger partial charge in [0.1, 0.15) is 11.6 Å². The number of anilines is 1. The average Bonchev–Trinajstić information content (AvgIpc) is 2.72. The lowest BCUT2D eigenvalue weighted by atomic mass is 10.0. The van der Waals surface area contributed by atoms with Gasteiger partial charge in [-0.2, -0.15) is 13.2 Å². The quantitative estimate of drug-likeness (QED) is 0.730. The van der Waals surface area contributed by atoms with E-state index >= 15 is 0 Å². The van der Waals surface area contributed by atoms with Crippen molar-refractivity contribution in [3.05, 3.63) is 48.2 Å². The van der Waals surface area contributed by atoms with Crippen LogP contribution in [0.1, 0.15) is 12.8 Å². The van der Waals surface area contributed by atoms with Gasteiger partial charge in [-0.3, -0.25) is 9.78 Å². The number of carbonyl (C=O) groups is 2. The minimum absolute atomic E-state index is 0.0962. The van der Waals surface area contributed by atoms with Crippen molar-refractivity contribution in [3.8, 4) is 11.3 Å². The van der Waals surface area contributed by atoms with E-state index in [4.69, 9.17) is 0 Å².